The van der Waals surface area contributed by atoms with Gasteiger partial charge < -0.3 is 11.5 Å². The van der Waals surface area contributed by atoms with Crippen LogP contribution in [0.1, 0.15) is 18.4 Å². The third-order valence-electron chi connectivity index (χ3n) is 3.20. The van der Waals surface area contributed by atoms with Crippen LogP contribution in [0.25, 0.3) is 0 Å². The molecule has 1 fully saturated rings. The third-order valence-corrected chi connectivity index (χ3v) is 3.45. The molecule has 0 heterocycles. The van der Waals surface area contributed by atoms with Crippen molar-refractivity contribution < 1.29 is 0 Å². The van der Waals surface area contributed by atoms with Crippen molar-refractivity contribution in [3.8, 4) is 0 Å². The zero-order valence-electron chi connectivity index (χ0n) is 9.51. The monoisotopic (exact) mass is 296 g/mol. The first-order chi connectivity index (χ1) is 7.15. The highest BCUT2D eigenvalue weighted by atomic mass is 35.5. The van der Waals surface area contributed by atoms with Gasteiger partial charge in [-0.2, -0.15) is 0 Å². The molecule has 1 aliphatic rings. The highest BCUT2D eigenvalue weighted by molar-refractivity contribution is 6.30. The molecule has 0 saturated heterocycles. The van der Waals surface area contributed by atoms with Crippen LogP contribution in [0.4, 0.5) is 0 Å². The average Bonchev–Trinajstić information content (AvgIpc) is 2.49. The van der Waals surface area contributed by atoms with Crippen LogP contribution in [-0.4, -0.2) is 12.1 Å². The number of halogens is 3. The van der Waals surface area contributed by atoms with Crippen LogP contribution in [0.2, 0.25) is 5.02 Å². The number of hydrogen-bond acceptors (Lipinski definition) is 2. The maximum absolute atomic E-state index is 6.04. The quantitative estimate of drug-likeness (QED) is 0.882. The molecule has 2 rings (SSSR count). The summed E-state index contributed by atoms with van der Waals surface area (Å²) in [5.74, 6) is 0.529. The Balaban J connectivity index is 0.00000128. The maximum Gasteiger partial charge on any atom is 0.0406 e. The van der Waals surface area contributed by atoms with E-state index < -0.39 is 0 Å². The molecule has 1 aliphatic carbocycles. The molecule has 0 aromatic heterocycles. The normalized spacial score (nSPS) is 27.1. The molecular weight excluding hydrogens is 279 g/mol. The first-order valence-corrected chi connectivity index (χ1v) is 5.78. The van der Waals surface area contributed by atoms with Gasteiger partial charge in [-0.3, -0.25) is 0 Å². The van der Waals surface area contributed by atoms with Crippen LogP contribution in [0.15, 0.2) is 24.3 Å². The van der Waals surface area contributed by atoms with Gasteiger partial charge in [-0.15, -0.1) is 24.8 Å². The summed E-state index contributed by atoms with van der Waals surface area (Å²) in [7, 11) is 0. The van der Waals surface area contributed by atoms with E-state index in [1.165, 1.54) is 5.56 Å². The number of nitrogens with two attached hydrogens (primary N) is 2. The summed E-state index contributed by atoms with van der Waals surface area (Å²) < 4.78 is 0. The van der Waals surface area contributed by atoms with Gasteiger partial charge >= 0.3 is 0 Å². The fourth-order valence-corrected chi connectivity index (χ4v) is 2.49. The van der Waals surface area contributed by atoms with Crippen molar-refractivity contribution in [3.63, 3.8) is 0 Å². The van der Waals surface area contributed by atoms with Crippen molar-refractivity contribution in [1.29, 1.82) is 0 Å². The summed E-state index contributed by atoms with van der Waals surface area (Å²) in [6.07, 6.45) is 3.02. The smallest absolute Gasteiger partial charge is 0.0406 e. The fraction of sp³-hybridized carbons (Fsp3) is 0.500. The predicted molar refractivity (Wildman–Crippen MR) is 78.3 cm³/mol. The minimum atomic E-state index is 0. The van der Waals surface area contributed by atoms with E-state index in [0.717, 1.165) is 24.3 Å². The van der Waals surface area contributed by atoms with Crippen molar-refractivity contribution in [2.24, 2.45) is 17.4 Å². The lowest BCUT2D eigenvalue weighted by Crippen LogP contribution is -2.26. The Labute approximate surface area is 120 Å². The zero-order valence-corrected chi connectivity index (χ0v) is 11.9. The van der Waals surface area contributed by atoms with E-state index in [1.807, 2.05) is 12.1 Å². The second kappa shape index (κ2) is 7.45. The highest BCUT2D eigenvalue weighted by Crippen LogP contribution is 2.27. The predicted octanol–water partition coefficient (Wildman–Crippen LogP) is 2.79. The van der Waals surface area contributed by atoms with Gasteiger partial charge in [-0.05, 0) is 42.9 Å². The molecule has 0 amide bonds. The Morgan fingerprint density at radius 3 is 2.12 bits per heavy atom. The molecule has 1 aromatic carbocycles. The Morgan fingerprint density at radius 2 is 1.65 bits per heavy atom. The van der Waals surface area contributed by atoms with Crippen molar-refractivity contribution >= 4 is 36.4 Å². The molecule has 3 atom stereocenters. The second-order valence-corrected chi connectivity index (χ2v) is 4.92. The van der Waals surface area contributed by atoms with E-state index in [0.29, 0.717) is 5.92 Å². The molecule has 0 spiro atoms. The molecule has 2 nitrogen and oxygen atoms in total. The summed E-state index contributed by atoms with van der Waals surface area (Å²) in [5.41, 5.74) is 13.2. The van der Waals surface area contributed by atoms with Crippen molar-refractivity contribution in [2.45, 2.75) is 31.3 Å². The SMILES string of the molecule is Cl.Cl.NC1CC(N)C(Cc2ccc(Cl)cc2)C1. The van der Waals surface area contributed by atoms with Gasteiger partial charge in [-0.1, -0.05) is 23.7 Å². The van der Waals surface area contributed by atoms with Gasteiger partial charge in [0.1, 0.15) is 0 Å². The second-order valence-electron chi connectivity index (χ2n) is 4.49. The van der Waals surface area contributed by atoms with E-state index >= 15 is 0 Å². The molecule has 0 aliphatic heterocycles. The van der Waals surface area contributed by atoms with Gasteiger partial charge in [0.25, 0.3) is 0 Å². The van der Waals surface area contributed by atoms with Gasteiger partial charge in [0.2, 0.25) is 0 Å². The lowest BCUT2D eigenvalue weighted by atomic mass is 9.95. The van der Waals surface area contributed by atoms with E-state index in [2.05, 4.69) is 12.1 Å². The van der Waals surface area contributed by atoms with Gasteiger partial charge in [-0.25, -0.2) is 0 Å². The van der Waals surface area contributed by atoms with Crippen molar-refractivity contribution in [1.82, 2.24) is 0 Å². The Hall–Kier alpha value is 0.01000. The summed E-state index contributed by atoms with van der Waals surface area (Å²) in [4.78, 5) is 0. The van der Waals surface area contributed by atoms with E-state index in [9.17, 15) is 0 Å². The van der Waals surface area contributed by atoms with E-state index in [1.54, 1.807) is 0 Å². The molecule has 1 aromatic rings. The summed E-state index contributed by atoms with van der Waals surface area (Å²) in [6, 6.07) is 8.54. The minimum absolute atomic E-state index is 0. The summed E-state index contributed by atoms with van der Waals surface area (Å²) in [5, 5.41) is 0.783. The minimum Gasteiger partial charge on any atom is -0.328 e. The van der Waals surface area contributed by atoms with Crippen LogP contribution in [0.5, 0.6) is 0 Å². The molecule has 1 saturated carbocycles. The van der Waals surface area contributed by atoms with Crippen LogP contribution in [-0.2, 0) is 6.42 Å². The Bertz CT molecular complexity index is 329. The largest absolute Gasteiger partial charge is 0.328 e. The highest BCUT2D eigenvalue weighted by Gasteiger charge is 2.29. The number of rotatable bonds is 2. The van der Waals surface area contributed by atoms with Crippen molar-refractivity contribution in [2.75, 3.05) is 0 Å². The first kappa shape index (κ1) is 17.0. The van der Waals surface area contributed by atoms with Crippen LogP contribution < -0.4 is 11.5 Å². The number of hydrogen-bond donors (Lipinski definition) is 2. The Morgan fingerprint density at radius 1 is 1.06 bits per heavy atom. The molecule has 5 heteroatoms. The number of benzene rings is 1. The topological polar surface area (TPSA) is 52.0 Å². The summed E-state index contributed by atoms with van der Waals surface area (Å²) >= 11 is 5.84. The zero-order chi connectivity index (χ0) is 10.8. The van der Waals surface area contributed by atoms with Gasteiger partial charge in [0, 0.05) is 17.1 Å². The van der Waals surface area contributed by atoms with Crippen LogP contribution in [0.3, 0.4) is 0 Å². The standard InChI is InChI=1S/C12H17ClN2.2ClH/c13-10-3-1-8(2-4-10)5-9-6-11(14)7-12(9)15;;/h1-4,9,11-12H,5-7,14-15H2;2*1H. The fourth-order valence-electron chi connectivity index (χ4n) is 2.36. The molecule has 3 unspecified atom stereocenters. The Kier molecular flexibility index (Phi) is 7.45. The van der Waals surface area contributed by atoms with Gasteiger partial charge in [0.15, 0.2) is 0 Å². The van der Waals surface area contributed by atoms with E-state index in [4.69, 9.17) is 23.1 Å². The summed E-state index contributed by atoms with van der Waals surface area (Å²) in [6.45, 7) is 0. The lowest BCUT2D eigenvalue weighted by molar-refractivity contribution is 0.477. The van der Waals surface area contributed by atoms with Gasteiger partial charge in [0.05, 0.1) is 0 Å². The molecular formula is C12H19Cl3N2. The average molecular weight is 298 g/mol. The maximum atomic E-state index is 6.04. The molecule has 0 bridgehead atoms. The lowest BCUT2D eigenvalue weighted by Gasteiger charge is -2.14. The molecule has 17 heavy (non-hydrogen) atoms. The van der Waals surface area contributed by atoms with Crippen molar-refractivity contribution in [3.05, 3.63) is 34.9 Å². The van der Waals surface area contributed by atoms with E-state index in [-0.39, 0.29) is 36.9 Å². The molecule has 98 valence electrons. The third kappa shape index (κ3) is 4.65. The first-order valence-electron chi connectivity index (χ1n) is 5.41. The molecule has 4 N–H and O–H groups in total. The van der Waals surface area contributed by atoms with Crippen LogP contribution >= 0.6 is 36.4 Å². The van der Waals surface area contributed by atoms with Crippen LogP contribution in [0, 0.1) is 5.92 Å². The molecule has 0 radical (unpaired) electrons.